The maximum absolute atomic E-state index is 13.4. The standard InChI is InChI=1S/C25H25FN6O/c1-17-15-31(16-28-17)21-10-4-18(14-22(21)33-2)5-11-23-29-24-25(27,12-3-13-32(24)30-23)19-6-8-20(26)9-7-19/h4-11,14-16H,3,12-13,27H2,1-2H3. The Bertz CT molecular complexity index is 1320. The number of hydrogen-bond acceptors (Lipinski definition) is 5. The molecule has 0 amide bonds. The van der Waals surface area contributed by atoms with Crippen LogP contribution in [0.5, 0.6) is 5.75 Å². The molecule has 168 valence electrons. The quantitative estimate of drug-likeness (QED) is 0.501. The zero-order valence-electron chi connectivity index (χ0n) is 18.6. The van der Waals surface area contributed by atoms with Crippen LogP contribution in [0.1, 0.15) is 41.3 Å². The van der Waals surface area contributed by atoms with Gasteiger partial charge in [-0.2, -0.15) is 5.10 Å². The molecular formula is C25H25FN6O. The van der Waals surface area contributed by atoms with Crippen molar-refractivity contribution < 1.29 is 9.13 Å². The van der Waals surface area contributed by atoms with Crippen LogP contribution in [0.3, 0.4) is 0 Å². The summed E-state index contributed by atoms with van der Waals surface area (Å²) in [5.41, 5.74) is 9.63. The monoisotopic (exact) mass is 444 g/mol. The minimum atomic E-state index is -0.793. The summed E-state index contributed by atoms with van der Waals surface area (Å²) in [6.07, 6.45) is 9.14. The summed E-state index contributed by atoms with van der Waals surface area (Å²) in [5, 5.41) is 4.64. The van der Waals surface area contributed by atoms with Crippen molar-refractivity contribution in [3.63, 3.8) is 0 Å². The first-order chi connectivity index (χ1) is 16.0. The minimum Gasteiger partial charge on any atom is -0.495 e. The number of aromatic nitrogens is 5. The summed E-state index contributed by atoms with van der Waals surface area (Å²) in [7, 11) is 1.65. The van der Waals surface area contributed by atoms with E-state index in [4.69, 9.17) is 15.5 Å². The van der Waals surface area contributed by atoms with Gasteiger partial charge in [-0.05, 0) is 61.2 Å². The summed E-state index contributed by atoms with van der Waals surface area (Å²) in [6, 6.07) is 12.3. The van der Waals surface area contributed by atoms with Gasteiger partial charge in [-0.3, -0.25) is 0 Å². The Morgan fingerprint density at radius 3 is 2.70 bits per heavy atom. The van der Waals surface area contributed by atoms with E-state index >= 15 is 0 Å². The Morgan fingerprint density at radius 2 is 1.97 bits per heavy atom. The first kappa shape index (κ1) is 21.1. The van der Waals surface area contributed by atoms with Crippen LogP contribution in [0.4, 0.5) is 4.39 Å². The normalized spacial score (nSPS) is 17.9. The lowest BCUT2D eigenvalue weighted by atomic mass is 9.83. The zero-order chi connectivity index (χ0) is 23.0. The Labute approximate surface area is 191 Å². The second-order valence-electron chi connectivity index (χ2n) is 8.29. The first-order valence-corrected chi connectivity index (χ1v) is 10.8. The molecule has 7 nitrogen and oxygen atoms in total. The van der Waals surface area contributed by atoms with Gasteiger partial charge < -0.3 is 15.0 Å². The molecule has 0 spiro atoms. The number of benzene rings is 2. The molecule has 2 aromatic carbocycles. The average Bonchev–Trinajstić information content (AvgIpc) is 3.45. The second-order valence-corrected chi connectivity index (χ2v) is 8.29. The summed E-state index contributed by atoms with van der Waals surface area (Å²) in [5.74, 6) is 1.73. The predicted molar refractivity (Wildman–Crippen MR) is 124 cm³/mol. The molecular weight excluding hydrogens is 419 g/mol. The van der Waals surface area contributed by atoms with Crippen molar-refractivity contribution in [3.05, 3.63) is 89.3 Å². The maximum Gasteiger partial charge on any atom is 0.174 e. The number of nitrogens with zero attached hydrogens (tertiary/aromatic N) is 5. The van der Waals surface area contributed by atoms with Crippen LogP contribution in [-0.4, -0.2) is 31.4 Å². The van der Waals surface area contributed by atoms with E-state index in [0.29, 0.717) is 11.6 Å². The fourth-order valence-electron chi connectivity index (χ4n) is 4.29. The largest absolute Gasteiger partial charge is 0.495 e. The molecule has 3 heterocycles. The molecule has 0 radical (unpaired) electrons. The second kappa shape index (κ2) is 8.29. The van der Waals surface area contributed by atoms with E-state index in [1.807, 2.05) is 52.7 Å². The maximum atomic E-state index is 13.4. The van der Waals surface area contributed by atoms with Crippen molar-refractivity contribution in [1.29, 1.82) is 0 Å². The van der Waals surface area contributed by atoms with Gasteiger partial charge in [-0.1, -0.05) is 24.3 Å². The molecule has 2 aromatic heterocycles. The zero-order valence-corrected chi connectivity index (χ0v) is 18.6. The van der Waals surface area contributed by atoms with Crippen LogP contribution in [0.2, 0.25) is 0 Å². The van der Waals surface area contributed by atoms with Crippen molar-refractivity contribution in [3.8, 4) is 11.4 Å². The smallest absolute Gasteiger partial charge is 0.174 e. The molecule has 0 saturated carbocycles. The summed E-state index contributed by atoms with van der Waals surface area (Å²) in [4.78, 5) is 9.01. The highest BCUT2D eigenvalue weighted by molar-refractivity contribution is 5.69. The number of imidazole rings is 1. The van der Waals surface area contributed by atoms with E-state index in [1.165, 1.54) is 12.1 Å². The van der Waals surface area contributed by atoms with E-state index in [9.17, 15) is 4.39 Å². The topological polar surface area (TPSA) is 83.8 Å². The SMILES string of the molecule is COc1cc(C=Cc2nc3n(n2)CCCC3(N)c2ccc(F)cc2)ccc1-n1cnc(C)c1. The third-order valence-corrected chi connectivity index (χ3v) is 6.01. The molecule has 33 heavy (non-hydrogen) atoms. The lowest BCUT2D eigenvalue weighted by molar-refractivity contribution is 0.342. The van der Waals surface area contributed by atoms with Gasteiger partial charge in [-0.25, -0.2) is 19.0 Å². The molecule has 0 fully saturated rings. The number of methoxy groups -OCH3 is 1. The highest BCUT2D eigenvalue weighted by atomic mass is 19.1. The first-order valence-electron chi connectivity index (χ1n) is 10.8. The number of rotatable bonds is 5. The highest BCUT2D eigenvalue weighted by Crippen LogP contribution is 2.34. The molecule has 4 aromatic rings. The van der Waals surface area contributed by atoms with Crippen LogP contribution in [0, 0.1) is 12.7 Å². The van der Waals surface area contributed by atoms with Gasteiger partial charge in [0.1, 0.15) is 17.1 Å². The molecule has 8 heteroatoms. The molecule has 1 aliphatic heterocycles. The van der Waals surface area contributed by atoms with Crippen LogP contribution in [0.25, 0.3) is 17.8 Å². The van der Waals surface area contributed by atoms with Crippen LogP contribution >= 0.6 is 0 Å². The van der Waals surface area contributed by atoms with Gasteiger partial charge in [0.25, 0.3) is 0 Å². The van der Waals surface area contributed by atoms with Gasteiger partial charge in [0, 0.05) is 12.7 Å². The molecule has 0 saturated heterocycles. The predicted octanol–water partition coefficient (Wildman–Crippen LogP) is 4.09. The average molecular weight is 445 g/mol. The summed E-state index contributed by atoms with van der Waals surface area (Å²) in [6.45, 7) is 2.70. The fraction of sp³-hybridized carbons (Fsp3) is 0.240. The number of ether oxygens (including phenoxy) is 1. The minimum absolute atomic E-state index is 0.284. The highest BCUT2D eigenvalue weighted by Gasteiger charge is 2.37. The lowest BCUT2D eigenvalue weighted by Crippen LogP contribution is -2.43. The van der Waals surface area contributed by atoms with Crippen molar-refractivity contribution in [2.75, 3.05) is 7.11 Å². The van der Waals surface area contributed by atoms with E-state index in [1.54, 1.807) is 25.6 Å². The van der Waals surface area contributed by atoms with Crippen LogP contribution < -0.4 is 10.5 Å². The molecule has 1 unspecified atom stereocenters. The van der Waals surface area contributed by atoms with Gasteiger partial charge in [-0.15, -0.1) is 0 Å². The Hall–Kier alpha value is -3.78. The number of nitrogens with two attached hydrogens (primary N) is 1. The number of halogens is 1. The van der Waals surface area contributed by atoms with Gasteiger partial charge in [0.05, 0.1) is 24.8 Å². The fourth-order valence-corrected chi connectivity index (χ4v) is 4.29. The lowest BCUT2D eigenvalue weighted by Gasteiger charge is -2.33. The van der Waals surface area contributed by atoms with Gasteiger partial charge in [0.15, 0.2) is 11.6 Å². The summed E-state index contributed by atoms with van der Waals surface area (Å²) < 4.78 is 22.8. The summed E-state index contributed by atoms with van der Waals surface area (Å²) >= 11 is 0. The molecule has 2 N–H and O–H groups in total. The molecule has 5 rings (SSSR count). The van der Waals surface area contributed by atoms with E-state index in [-0.39, 0.29) is 5.82 Å². The molecule has 0 bridgehead atoms. The third kappa shape index (κ3) is 3.93. The molecule has 1 aliphatic rings. The third-order valence-electron chi connectivity index (χ3n) is 6.01. The molecule has 1 atom stereocenters. The van der Waals surface area contributed by atoms with Crippen molar-refractivity contribution >= 4 is 12.2 Å². The van der Waals surface area contributed by atoms with Crippen LogP contribution in [-0.2, 0) is 12.1 Å². The molecule has 0 aliphatic carbocycles. The number of hydrogen-bond donors (Lipinski definition) is 1. The number of fused-ring (bicyclic) bond motifs is 1. The van der Waals surface area contributed by atoms with E-state index in [2.05, 4.69) is 10.1 Å². The Kier molecular flexibility index (Phi) is 5.30. The van der Waals surface area contributed by atoms with Crippen LogP contribution in [0.15, 0.2) is 55.0 Å². The van der Waals surface area contributed by atoms with E-state index in [0.717, 1.165) is 47.6 Å². The van der Waals surface area contributed by atoms with Crippen molar-refractivity contribution in [2.45, 2.75) is 31.8 Å². The van der Waals surface area contributed by atoms with Gasteiger partial charge >= 0.3 is 0 Å². The van der Waals surface area contributed by atoms with Crippen molar-refractivity contribution in [1.82, 2.24) is 24.3 Å². The Balaban J connectivity index is 1.43. The number of aryl methyl sites for hydroxylation is 2. The van der Waals surface area contributed by atoms with E-state index < -0.39 is 5.54 Å². The Morgan fingerprint density at radius 1 is 1.15 bits per heavy atom. The van der Waals surface area contributed by atoms with Crippen molar-refractivity contribution in [2.24, 2.45) is 5.73 Å². The van der Waals surface area contributed by atoms with Gasteiger partial charge in [0.2, 0.25) is 0 Å².